The second-order valence-corrected chi connectivity index (χ2v) is 15.8. The van der Waals surface area contributed by atoms with E-state index in [-0.39, 0.29) is 42.6 Å². The Morgan fingerprint density at radius 2 is 1.82 bits per heavy atom. The van der Waals surface area contributed by atoms with E-state index in [0.29, 0.717) is 12.0 Å². The summed E-state index contributed by atoms with van der Waals surface area (Å²) in [6.07, 6.45) is 0.436. The zero-order valence-electron chi connectivity index (χ0n) is 29.7. The van der Waals surface area contributed by atoms with Gasteiger partial charge in [0.2, 0.25) is 0 Å². The minimum absolute atomic E-state index is 0.0530. The van der Waals surface area contributed by atoms with Crippen molar-refractivity contribution >= 4 is 23.9 Å². The third kappa shape index (κ3) is 3.54. The Balaban J connectivity index is 1.54. The van der Waals surface area contributed by atoms with E-state index in [9.17, 15) is 34.5 Å². The first-order valence-electron chi connectivity index (χ1n) is 17.2. The average molecular weight is 699 g/mol. The van der Waals surface area contributed by atoms with Gasteiger partial charge in [-0.25, -0.2) is 9.59 Å². The Morgan fingerprint density at radius 1 is 1.12 bits per heavy atom. The van der Waals surface area contributed by atoms with Gasteiger partial charge in [0.25, 0.3) is 0 Å². The number of epoxide rings is 1. The van der Waals surface area contributed by atoms with Gasteiger partial charge in [0.05, 0.1) is 25.2 Å². The molecule has 2 bridgehead atoms. The van der Waals surface area contributed by atoms with E-state index in [0.717, 1.165) is 0 Å². The van der Waals surface area contributed by atoms with E-state index >= 15 is 0 Å². The van der Waals surface area contributed by atoms with Crippen LogP contribution in [0.2, 0.25) is 0 Å². The van der Waals surface area contributed by atoms with Crippen molar-refractivity contribution in [2.75, 3.05) is 7.11 Å². The Bertz CT molecular complexity index is 1750. The number of allylic oxidation sites excluding steroid dienone is 2. The van der Waals surface area contributed by atoms with Crippen molar-refractivity contribution in [1.29, 1.82) is 0 Å². The molecule has 0 amide bonds. The standard InChI is InChI=1S/C37H46O13/c1-9-18(3)27(41)48-30-32(6)17-35(49-19(4)38)33(7,22(32)15-23(40)45-8)34-13-12-31(5)25(37(34,50-34)29(43)36(30,35)44)24(21(39)10-2)28(42)47-26(31)20-11-14-46-16-20/h9,11,14,16,22,25-26,29-30,39,43-44H,10,12-13,15,17H2,1-8H3/b18-9+,24-21-/t22-,25+,26-,29+,30-,31+,32-,33-,34-,35+,36+,37+/m0/s1. The van der Waals surface area contributed by atoms with Crippen molar-refractivity contribution in [2.24, 2.45) is 28.1 Å². The number of hydrogen-bond acceptors (Lipinski definition) is 13. The van der Waals surface area contributed by atoms with E-state index in [1.807, 2.05) is 6.92 Å². The van der Waals surface area contributed by atoms with Crippen LogP contribution in [-0.2, 0) is 42.9 Å². The molecule has 12 atom stereocenters. The van der Waals surface area contributed by atoms with E-state index < -0.39 is 92.7 Å². The predicted molar refractivity (Wildman–Crippen MR) is 171 cm³/mol. The van der Waals surface area contributed by atoms with E-state index in [4.69, 9.17) is 28.1 Å². The SMILES string of the molecule is C/C=C(\C)C(=O)O[C@H]1[C@@]2(C)C[C@]3(OC(C)=O)[C@@]1(O)[C@@H](O)[C@@]14O[C@@]1(CC[C@]1(C)[C@H]4/C(=C(/O)CC)C(=O)O[C@H]1c1ccoc1)[C@]3(C)[C@H]2CC(=O)OC. The van der Waals surface area contributed by atoms with Gasteiger partial charge in [-0.3, -0.25) is 9.59 Å². The van der Waals surface area contributed by atoms with Gasteiger partial charge >= 0.3 is 23.9 Å². The Hall–Kier alpha value is -3.68. The van der Waals surface area contributed by atoms with Crippen molar-refractivity contribution in [1.82, 2.24) is 0 Å². The molecule has 6 fully saturated rings. The fraction of sp³-hybridized carbons (Fsp3) is 0.676. The highest BCUT2D eigenvalue weighted by molar-refractivity contribution is 5.92. The molecule has 2 saturated heterocycles. The molecule has 4 saturated carbocycles. The molecule has 13 nitrogen and oxygen atoms in total. The third-order valence-electron chi connectivity index (χ3n) is 14.0. The molecule has 7 rings (SSSR count). The van der Waals surface area contributed by atoms with Gasteiger partial charge in [-0.05, 0) is 38.7 Å². The summed E-state index contributed by atoms with van der Waals surface area (Å²) in [6.45, 7) is 11.5. The largest absolute Gasteiger partial charge is 0.512 e. The van der Waals surface area contributed by atoms with Crippen LogP contribution in [0.1, 0.15) is 92.2 Å². The maximum Gasteiger partial charge on any atom is 0.338 e. The lowest BCUT2D eigenvalue weighted by molar-refractivity contribution is -0.333. The lowest BCUT2D eigenvalue weighted by atomic mass is 9.36. The number of hydrogen-bond donors (Lipinski definition) is 3. The smallest absolute Gasteiger partial charge is 0.338 e. The highest BCUT2D eigenvalue weighted by Gasteiger charge is 3.04. The molecule has 0 spiro atoms. The first-order valence-corrected chi connectivity index (χ1v) is 17.2. The normalized spacial score (nSPS) is 47.7. The lowest BCUT2D eigenvalue weighted by Crippen LogP contribution is -2.86. The van der Waals surface area contributed by atoms with Gasteiger partial charge in [-0.15, -0.1) is 0 Å². The first-order chi connectivity index (χ1) is 23.4. The van der Waals surface area contributed by atoms with Crippen LogP contribution in [0.15, 0.2) is 46.0 Å². The molecular formula is C37H46O13. The molecule has 50 heavy (non-hydrogen) atoms. The van der Waals surface area contributed by atoms with E-state index in [1.54, 1.807) is 46.8 Å². The fourth-order valence-corrected chi connectivity index (χ4v) is 12.0. The first kappa shape index (κ1) is 34.8. The van der Waals surface area contributed by atoms with Gasteiger partial charge in [0.15, 0.2) is 11.2 Å². The number of furan rings is 1. The summed E-state index contributed by atoms with van der Waals surface area (Å²) in [4.78, 5) is 54.1. The highest BCUT2D eigenvalue weighted by Crippen LogP contribution is 2.90. The molecule has 0 unspecified atom stereocenters. The number of aliphatic hydroxyl groups is 3. The lowest BCUT2D eigenvalue weighted by Gasteiger charge is -2.68. The molecule has 1 aromatic rings. The van der Waals surface area contributed by atoms with Crippen molar-refractivity contribution in [2.45, 2.75) is 121 Å². The van der Waals surface area contributed by atoms with Crippen molar-refractivity contribution in [3.63, 3.8) is 0 Å². The molecule has 2 aliphatic heterocycles. The summed E-state index contributed by atoms with van der Waals surface area (Å²) >= 11 is 0. The molecule has 0 radical (unpaired) electrons. The number of ether oxygens (including phenoxy) is 5. The fourth-order valence-electron chi connectivity index (χ4n) is 12.0. The van der Waals surface area contributed by atoms with E-state index in [2.05, 4.69) is 0 Å². The summed E-state index contributed by atoms with van der Waals surface area (Å²) < 4.78 is 36.1. The van der Waals surface area contributed by atoms with Gasteiger partial charge in [0, 0.05) is 59.5 Å². The molecule has 4 aliphatic carbocycles. The van der Waals surface area contributed by atoms with Gasteiger partial charge < -0.3 is 43.4 Å². The van der Waals surface area contributed by atoms with Gasteiger partial charge in [-0.2, -0.15) is 0 Å². The van der Waals surface area contributed by atoms with Crippen LogP contribution < -0.4 is 0 Å². The molecule has 272 valence electrons. The minimum atomic E-state index is -2.52. The second kappa shape index (κ2) is 10.4. The number of fused-ring (bicyclic) bond motifs is 2. The van der Waals surface area contributed by atoms with Gasteiger partial charge in [0.1, 0.15) is 35.3 Å². The van der Waals surface area contributed by atoms with Crippen molar-refractivity contribution < 1.29 is 62.6 Å². The maximum absolute atomic E-state index is 14.1. The molecule has 13 heteroatoms. The third-order valence-corrected chi connectivity index (χ3v) is 14.0. The topological polar surface area (TPSA) is 192 Å². The Labute approximate surface area is 289 Å². The summed E-state index contributed by atoms with van der Waals surface area (Å²) in [5.74, 6) is -5.07. The number of methoxy groups -OCH3 is 1. The molecule has 0 aromatic carbocycles. The minimum Gasteiger partial charge on any atom is -0.512 e. The number of cyclic esters (lactones) is 1. The van der Waals surface area contributed by atoms with Crippen LogP contribution in [0, 0.1) is 28.1 Å². The Kier molecular flexibility index (Phi) is 7.26. The summed E-state index contributed by atoms with van der Waals surface area (Å²) in [5, 5.41) is 38.0. The number of carbonyl (C=O) groups is 4. The van der Waals surface area contributed by atoms with Crippen LogP contribution in [0.25, 0.3) is 0 Å². The van der Waals surface area contributed by atoms with Gasteiger partial charge in [-0.1, -0.05) is 33.8 Å². The van der Waals surface area contributed by atoms with Crippen LogP contribution >= 0.6 is 0 Å². The zero-order valence-corrected chi connectivity index (χ0v) is 29.7. The molecule has 3 heterocycles. The molecular weight excluding hydrogens is 652 g/mol. The molecule has 6 aliphatic rings. The monoisotopic (exact) mass is 698 g/mol. The molecule has 1 aromatic heterocycles. The van der Waals surface area contributed by atoms with Crippen LogP contribution in [-0.4, -0.2) is 80.9 Å². The maximum atomic E-state index is 14.1. The average Bonchev–Trinajstić information content (AvgIpc) is 3.29. The zero-order chi connectivity index (χ0) is 36.6. The summed E-state index contributed by atoms with van der Waals surface area (Å²) in [5.41, 5.74) is -10.7. The van der Waals surface area contributed by atoms with Crippen molar-refractivity contribution in [3.8, 4) is 0 Å². The van der Waals surface area contributed by atoms with Crippen molar-refractivity contribution in [3.05, 3.63) is 47.1 Å². The second-order valence-electron chi connectivity index (χ2n) is 15.8. The van der Waals surface area contributed by atoms with E-state index in [1.165, 1.54) is 26.6 Å². The quantitative estimate of drug-likeness (QED) is 0.122. The van der Waals surface area contributed by atoms with Crippen LogP contribution in [0.3, 0.4) is 0 Å². The highest BCUT2D eigenvalue weighted by atomic mass is 16.7. The van der Waals surface area contributed by atoms with Crippen LogP contribution in [0.4, 0.5) is 0 Å². The molecule has 3 N–H and O–H groups in total. The summed E-state index contributed by atoms with van der Waals surface area (Å²) in [6, 6.07) is 1.68. The number of aliphatic hydroxyl groups excluding tert-OH is 2. The number of esters is 4. The Morgan fingerprint density at radius 3 is 2.40 bits per heavy atom. The van der Waals surface area contributed by atoms with Crippen LogP contribution in [0.5, 0.6) is 0 Å². The number of rotatable bonds is 7. The number of carbonyl (C=O) groups excluding carboxylic acids is 4. The summed E-state index contributed by atoms with van der Waals surface area (Å²) in [7, 11) is 1.26. The predicted octanol–water partition coefficient (Wildman–Crippen LogP) is 3.92.